The highest BCUT2D eigenvalue weighted by Gasteiger charge is 2.19. The number of aromatic nitrogens is 3. The highest BCUT2D eigenvalue weighted by Crippen LogP contribution is 2.42. The molecule has 0 fully saturated rings. The van der Waals surface area contributed by atoms with E-state index < -0.39 is 5.95 Å². The Morgan fingerprint density at radius 1 is 1.35 bits per heavy atom. The van der Waals surface area contributed by atoms with Gasteiger partial charge < -0.3 is 14.5 Å². The van der Waals surface area contributed by atoms with Crippen molar-refractivity contribution in [2.75, 3.05) is 13.9 Å². The van der Waals surface area contributed by atoms with Gasteiger partial charge >= 0.3 is 5.69 Å². The van der Waals surface area contributed by atoms with E-state index in [1.165, 1.54) is 17.7 Å². The first kappa shape index (κ1) is 18.6. The largest absolute Gasteiger partial charge is 0.464 e. The van der Waals surface area contributed by atoms with Gasteiger partial charge in [-0.1, -0.05) is 29.8 Å². The molecule has 0 unspecified atom stereocenters. The molecule has 0 radical (unpaired) electrons. The van der Waals surface area contributed by atoms with Gasteiger partial charge in [0.15, 0.2) is 17.1 Å². The van der Waals surface area contributed by atoms with Crippen molar-refractivity contribution in [1.82, 2.24) is 14.5 Å². The van der Waals surface area contributed by atoms with Crippen LogP contribution in [0.25, 0.3) is 22.4 Å². The number of benzene rings is 1. The Bertz CT molecular complexity index is 1020. The van der Waals surface area contributed by atoms with Crippen molar-refractivity contribution in [3.63, 3.8) is 0 Å². The third-order valence-electron chi connectivity index (χ3n) is 3.78. The van der Waals surface area contributed by atoms with Crippen LogP contribution in [0.5, 0.6) is 5.75 Å². The van der Waals surface area contributed by atoms with Crippen molar-refractivity contribution in [3.8, 4) is 28.1 Å². The molecule has 0 spiro atoms. The number of imidazole rings is 1. The fourth-order valence-electron chi connectivity index (χ4n) is 2.56. The third kappa shape index (κ3) is 3.40. The zero-order valence-electron chi connectivity index (χ0n) is 13.8. The van der Waals surface area contributed by atoms with Gasteiger partial charge in [0, 0.05) is 43.1 Å². The van der Waals surface area contributed by atoms with E-state index in [4.69, 9.17) is 21.1 Å². The summed E-state index contributed by atoms with van der Waals surface area (Å²) in [6.45, 7) is -0.0392. The van der Waals surface area contributed by atoms with Gasteiger partial charge in [0.05, 0.1) is 10.7 Å². The normalized spacial score (nSPS) is 11.0. The van der Waals surface area contributed by atoms with E-state index in [-0.39, 0.29) is 17.1 Å². The number of aromatic amines is 1. The van der Waals surface area contributed by atoms with E-state index in [0.29, 0.717) is 33.2 Å². The van der Waals surface area contributed by atoms with Crippen LogP contribution in [0.15, 0.2) is 39.9 Å². The number of nitrogens with one attached hydrogen (secondary N) is 1. The van der Waals surface area contributed by atoms with Crippen LogP contribution >= 0.6 is 27.5 Å². The summed E-state index contributed by atoms with van der Waals surface area (Å²) < 4.78 is 26.0. The fourth-order valence-corrected chi connectivity index (χ4v) is 3.38. The van der Waals surface area contributed by atoms with E-state index in [0.717, 1.165) is 0 Å². The number of hydrogen-bond donors (Lipinski definition) is 1. The summed E-state index contributed by atoms with van der Waals surface area (Å²) >= 11 is 9.80. The van der Waals surface area contributed by atoms with Gasteiger partial charge in [0.2, 0.25) is 5.95 Å². The van der Waals surface area contributed by atoms with Gasteiger partial charge in [0.25, 0.3) is 0 Å². The number of pyridine rings is 1. The van der Waals surface area contributed by atoms with E-state index in [1.54, 1.807) is 31.4 Å². The van der Waals surface area contributed by atoms with Gasteiger partial charge in [-0.3, -0.25) is 4.57 Å². The standard InChI is InChI=1S/C17H14BrClFN3O3/c1-23-12(7-21-17(23)24)10-5-3-4-9(14(10)19)11-6-13(20)22-16(18)15(11)26-8-25-2/h3-7H,8H2,1-2H3,(H,21,24). The number of H-pyrrole nitrogens is 1. The highest BCUT2D eigenvalue weighted by atomic mass is 79.9. The Labute approximate surface area is 161 Å². The van der Waals surface area contributed by atoms with Crippen LogP contribution in [0, 0.1) is 5.95 Å². The number of ether oxygens (including phenoxy) is 2. The minimum Gasteiger partial charge on any atom is -0.464 e. The van der Waals surface area contributed by atoms with Crippen molar-refractivity contribution in [1.29, 1.82) is 0 Å². The van der Waals surface area contributed by atoms with Crippen LogP contribution in [0.1, 0.15) is 0 Å². The molecule has 3 rings (SSSR count). The number of methoxy groups -OCH3 is 1. The van der Waals surface area contributed by atoms with Gasteiger partial charge in [-0.25, -0.2) is 9.78 Å². The maximum absolute atomic E-state index is 13.9. The molecule has 1 aromatic carbocycles. The van der Waals surface area contributed by atoms with Crippen LogP contribution in [0.3, 0.4) is 0 Å². The summed E-state index contributed by atoms with van der Waals surface area (Å²) in [6.07, 6.45) is 1.57. The highest BCUT2D eigenvalue weighted by molar-refractivity contribution is 9.10. The molecule has 0 saturated carbocycles. The summed E-state index contributed by atoms with van der Waals surface area (Å²) in [4.78, 5) is 18.0. The van der Waals surface area contributed by atoms with Crippen LogP contribution in [0.4, 0.5) is 4.39 Å². The first-order chi connectivity index (χ1) is 12.4. The first-order valence-corrected chi connectivity index (χ1v) is 8.62. The minimum atomic E-state index is -0.688. The Balaban J connectivity index is 2.21. The third-order valence-corrected chi connectivity index (χ3v) is 4.73. The van der Waals surface area contributed by atoms with Crippen LogP contribution in [-0.2, 0) is 11.8 Å². The van der Waals surface area contributed by atoms with E-state index in [9.17, 15) is 9.18 Å². The average Bonchev–Trinajstić information content (AvgIpc) is 2.93. The summed E-state index contributed by atoms with van der Waals surface area (Å²) in [7, 11) is 3.11. The molecular formula is C17H14BrClFN3O3. The molecule has 2 aromatic heterocycles. The first-order valence-electron chi connectivity index (χ1n) is 7.45. The van der Waals surface area contributed by atoms with Crippen molar-refractivity contribution < 1.29 is 13.9 Å². The maximum Gasteiger partial charge on any atom is 0.325 e. The van der Waals surface area contributed by atoms with Crippen LogP contribution < -0.4 is 10.4 Å². The lowest BCUT2D eigenvalue weighted by molar-refractivity contribution is 0.0505. The van der Waals surface area contributed by atoms with Crippen LogP contribution in [0.2, 0.25) is 5.02 Å². The molecule has 0 atom stereocenters. The van der Waals surface area contributed by atoms with E-state index in [2.05, 4.69) is 25.9 Å². The molecule has 26 heavy (non-hydrogen) atoms. The summed E-state index contributed by atoms with van der Waals surface area (Å²) in [5, 5.41) is 0.349. The smallest absolute Gasteiger partial charge is 0.325 e. The molecule has 0 amide bonds. The maximum atomic E-state index is 13.9. The number of hydrogen-bond acceptors (Lipinski definition) is 4. The molecule has 0 aliphatic heterocycles. The Morgan fingerprint density at radius 2 is 2.08 bits per heavy atom. The van der Waals surface area contributed by atoms with Gasteiger partial charge in [0.1, 0.15) is 0 Å². The number of rotatable bonds is 5. The Hall–Kier alpha value is -2.16. The minimum absolute atomic E-state index is 0.0392. The number of halogens is 3. The zero-order chi connectivity index (χ0) is 18.8. The van der Waals surface area contributed by atoms with Crippen molar-refractivity contribution in [2.45, 2.75) is 0 Å². The predicted molar refractivity (Wildman–Crippen MR) is 99.9 cm³/mol. The molecule has 2 heterocycles. The van der Waals surface area contributed by atoms with Gasteiger partial charge in [-0.2, -0.15) is 4.39 Å². The van der Waals surface area contributed by atoms with Crippen molar-refractivity contribution in [2.24, 2.45) is 7.05 Å². The lowest BCUT2D eigenvalue weighted by Gasteiger charge is -2.15. The molecule has 0 aliphatic carbocycles. The second kappa shape index (κ2) is 7.61. The lowest BCUT2D eigenvalue weighted by Crippen LogP contribution is -2.13. The van der Waals surface area contributed by atoms with E-state index in [1.807, 2.05) is 0 Å². The molecule has 6 nitrogen and oxygen atoms in total. The van der Waals surface area contributed by atoms with Crippen molar-refractivity contribution in [3.05, 3.63) is 56.5 Å². The van der Waals surface area contributed by atoms with Crippen LogP contribution in [-0.4, -0.2) is 28.4 Å². The quantitative estimate of drug-likeness (QED) is 0.479. The summed E-state index contributed by atoms with van der Waals surface area (Å²) in [6, 6.07) is 6.51. The van der Waals surface area contributed by atoms with Crippen molar-refractivity contribution >= 4 is 27.5 Å². The zero-order valence-corrected chi connectivity index (χ0v) is 16.2. The second-order valence-electron chi connectivity index (χ2n) is 5.37. The van der Waals surface area contributed by atoms with E-state index >= 15 is 0 Å². The molecule has 136 valence electrons. The molecule has 0 aliphatic rings. The Morgan fingerprint density at radius 3 is 2.73 bits per heavy atom. The lowest BCUT2D eigenvalue weighted by atomic mass is 10.0. The molecule has 1 N–H and O–H groups in total. The molecule has 0 saturated heterocycles. The Kier molecular flexibility index (Phi) is 5.45. The molecule has 9 heteroatoms. The second-order valence-corrected chi connectivity index (χ2v) is 6.50. The fraction of sp³-hybridized carbons (Fsp3) is 0.176. The van der Waals surface area contributed by atoms with Gasteiger partial charge in [-0.05, 0) is 15.9 Å². The topological polar surface area (TPSA) is 69.1 Å². The average molecular weight is 443 g/mol. The van der Waals surface area contributed by atoms with Gasteiger partial charge in [-0.15, -0.1) is 0 Å². The molecule has 3 aromatic rings. The SMILES string of the molecule is COCOc1c(-c2cccc(-c3c[nH]c(=O)n3C)c2Cl)cc(F)nc1Br. The molecular weight excluding hydrogens is 429 g/mol. The summed E-state index contributed by atoms with van der Waals surface area (Å²) in [5.41, 5.74) is 1.91. The molecule has 0 bridgehead atoms. The predicted octanol–water partition coefficient (Wildman–Crippen LogP) is 3.98. The monoisotopic (exact) mass is 441 g/mol. The number of nitrogens with zero attached hydrogens (tertiary/aromatic N) is 2. The summed E-state index contributed by atoms with van der Waals surface area (Å²) in [5.74, 6) is -0.387.